The first-order chi connectivity index (χ1) is 9.41. The van der Waals surface area contributed by atoms with Gasteiger partial charge in [-0.25, -0.2) is 4.79 Å². The lowest BCUT2D eigenvalue weighted by Gasteiger charge is -2.32. The van der Waals surface area contributed by atoms with E-state index in [-0.39, 0.29) is 44.1 Å². The number of carbonyl (C=O) groups excluding carboxylic acids is 1. The quantitative estimate of drug-likeness (QED) is 0.835. The maximum atomic E-state index is 12.6. The van der Waals surface area contributed by atoms with Crippen LogP contribution in [0.25, 0.3) is 0 Å². The fourth-order valence-corrected chi connectivity index (χ4v) is 2.77. The molecule has 0 unspecified atom stereocenters. The summed E-state index contributed by atoms with van der Waals surface area (Å²) in [5.74, 6) is -1.23. The number of hydrogen-bond acceptors (Lipinski definition) is 2. The van der Waals surface area contributed by atoms with Gasteiger partial charge in [-0.1, -0.05) is 0 Å². The van der Waals surface area contributed by atoms with E-state index in [0.29, 0.717) is 12.8 Å². The van der Waals surface area contributed by atoms with Crippen LogP contribution in [0.1, 0.15) is 38.5 Å². The molecule has 0 heterocycles. The van der Waals surface area contributed by atoms with Crippen molar-refractivity contribution in [2.24, 2.45) is 5.92 Å². The zero-order valence-electron chi connectivity index (χ0n) is 11.3. The molecule has 2 saturated carbocycles. The molecule has 0 atom stereocenters. The Hall–Kier alpha value is -0.980. The third kappa shape index (κ3) is 4.01. The van der Waals surface area contributed by atoms with Gasteiger partial charge in [-0.3, -0.25) is 0 Å². The number of aliphatic hydroxyl groups is 1. The maximum Gasteiger partial charge on any atom is 0.391 e. The van der Waals surface area contributed by atoms with E-state index >= 15 is 0 Å². The van der Waals surface area contributed by atoms with Crippen molar-refractivity contribution in [2.45, 2.75) is 56.8 Å². The highest BCUT2D eigenvalue weighted by Gasteiger charge is 2.42. The van der Waals surface area contributed by atoms with Crippen LogP contribution in [-0.4, -0.2) is 47.4 Å². The number of alkyl halides is 3. The van der Waals surface area contributed by atoms with Gasteiger partial charge in [0.05, 0.1) is 12.5 Å². The Kier molecular flexibility index (Phi) is 4.78. The summed E-state index contributed by atoms with van der Waals surface area (Å²) in [6.07, 6.45) is -1.34. The van der Waals surface area contributed by atoms with Crippen LogP contribution in [0.15, 0.2) is 0 Å². The Morgan fingerprint density at radius 2 is 1.75 bits per heavy atom. The fourth-order valence-electron chi connectivity index (χ4n) is 2.77. The first-order valence-electron chi connectivity index (χ1n) is 7.16. The van der Waals surface area contributed by atoms with E-state index in [4.69, 9.17) is 5.11 Å². The molecule has 2 amide bonds. The summed E-state index contributed by atoms with van der Waals surface area (Å²) < 4.78 is 37.7. The molecule has 20 heavy (non-hydrogen) atoms. The smallest absolute Gasteiger partial charge is 0.391 e. The van der Waals surface area contributed by atoms with E-state index in [2.05, 4.69) is 5.32 Å². The lowest BCUT2D eigenvalue weighted by molar-refractivity contribution is -0.182. The number of aliphatic hydroxyl groups excluding tert-OH is 1. The first-order valence-corrected chi connectivity index (χ1v) is 7.16. The summed E-state index contributed by atoms with van der Waals surface area (Å²) in [6.45, 7) is 0.194. The Morgan fingerprint density at radius 1 is 1.15 bits per heavy atom. The van der Waals surface area contributed by atoms with Gasteiger partial charge >= 0.3 is 12.2 Å². The lowest BCUT2D eigenvalue weighted by Crippen LogP contribution is -2.48. The zero-order chi connectivity index (χ0) is 14.8. The van der Waals surface area contributed by atoms with Crippen molar-refractivity contribution >= 4 is 6.03 Å². The molecule has 2 rings (SSSR count). The molecular formula is C13H21F3N2O2. The number of rotatable bonds is 4. The largest absolute Gasteiger partial charge is 0.395 e. The number of nitrogens with zero attached hydrogens (tertiary/aromatic N) is 1. The summed E-state index contributed by atoms with van der Waals surface area (Å²) in [7, 11) is 0. The van der Waals surface area contributed by atoms with Gasteiger partial charge in [0.1, 0.15) is 0 Å². The molecule has 116 valence electrons. The summed E-state index contributed by atoms with van der Waals surface area (Å²) in [5, 5.41) is 11.8. The molecule has 2 N–H and O–H groups in total. The number of amides is 2. The van der Waals surface area contributed by atoms with Gasteiger partial charge in [-0.15, -0.1) is 0 Å². The topological polar surface area (TPSA) is 52.6 Å². The minimum absolute atomic E-state index is 0.0812. The van der Waals surface area contributed by atoms with E-state index < -0.39 is 12.1 Å². The highest BCUT2D eigenvalue weighted by Crippen LogP contribution is 2.37. The average Bonchev–Trinajstić information content (AvgIpc) is 3.19. The molecule has 2 aliphatic carbocycles. The third-order valence-electron chi connectivity index (χ3n) is 4.11. The second-order valence-electron chi connectivity index (χ2n) is 5.69. The highest BCUT2D eigenvalue weighted by molar-refractivity contribution is 5.75. The summed E-state index contributed by atoms with van der Waals surface area (Å²) in [6, 6.07) is -0.244. The fraction of sp³-hybridized carbons (Fsp3) is 0.923. The van der Waals surface area contributed by atoms with E-state index in [1.807, 2.05) is 0 Å². The van der Waals surface area contributed by atoms with Gasteiger partial charge in [0, 0.05) is 18.6 Å². The molecule has 2 aliphatic rings. The summed E-state index contributed by atoms with van der Waals surface area (Å²) in [5.41, 5.74) is 0. The molecule has 0 aliphatic heterocycles. The normalized spacial score (nSPS) is 27.2. The van der Waals surface area contributed by atoms with Gasteiger partial charge in [-0.2, -0.15) is 13.2 Å². The summed E-state index contributed by atoms with van der Waals surface area (Å²) in [4.78, 5) is 13.6. The molecule has 0 bridgehead atoms. The van der Waals surface area contributed by atoms with Crippen molar-refractivity contribution in [2.75, 3.05) is 13.2 Å². The molecule has 0 aromatic heterocycles. The maximum absolute atomic E-state index is 12.6. The minimum atomic E-state index is -4.12. The van der Waals surface area contributed by atoms with E-state index in [9.17, 15) is 18.0 Å². The molecule has 0 spiro atoms. The van der Waals surface area contributed by atoms with Crippen LogP contribution < -0.4 is 5.32 Å². The van der Waals surface area contributed by atoms with Crippen molar-refractivity contribution in [1.29, 1.82) is 0 Å². The third-order valence-corrected chi connectivity index (χ3v) is 4.11. The minimum Gasteiger partial charge on any atom is -0.395 e. The standard InChI is InChI=1S/C13H21F3N2O2/c14-13(15,16)9-1-3-10(4-2-9)17-12(20)18(7-8-19)11-5-6-11/h9-11,19H,1-8H2,(H,17,20). The molecule has 0 saturated heterocycles. The van der Waals surface area contributed by atoms with Crippen LogP contribution in [0.2, 0.25) is 0 Å². The molecule has 2 fully saturated rings. The summed E-state index contributed by atoms with van der Waals surface area (Å²) >= 11 is 0. The molecule has 0 aromatic carbocycles. The second-order valence-corrected chi connectivity index (χ2v) is 5.69. The van der Waals surface area contributed by atoms with Gasteiger partial charge < -0.3 is 15.3 Å². The van der Waals surface area contributed by atoms with E-state index in [1.54, 1.807) is 4.90 Å². The number of nitrogens with one attached hydrogen (secondary N) is 1. The van der Waals surface area contributed by atoms with Gasteiger partial charge in [0.25, 0.3) is 0 Å². The number of carbonyl (C=O) groups is 1. The predicted molar refractivity (Wildman–Crippen MR) is 67.1 cm³/mol. The zero-order valence-corrected chi connectivity index (χ0v) is 11.3. The van der Waals surface area contributed by atoms with E-state index in [1.165, 1.54) is 0 Å². The van der Waals surface area contributed by atoms with Crippen molar-refractivity contribution < 1.29 is 23.1 Å². The molecule has 0 aromatic rings. The van der Waals surface area contributed by atoms with Gasteiger partial charge in [0.2, 0.25) is 0 Å². The van der Waals surface area contributed by atoms with Gasteiger partial charge in [0.15, 0.2) is 0 Å². The second kappa shape index (κ2) is 6.20. The Morgan fingerprint density at radius 3 is 2.20 bits per heavy atom. The number of hydrogen-bond donors (Lipinski definition) is 2. The van der Waals surface area contributed by atoms with Gasteiger partial charge in [-0.05, 0) is 38.5 Å². The van der Waals surface area contributed by atoms with Crippen LogP contribution >= 0.6 is 0 Å². The van der Waals surface area contributed by atoms with Crippen LogP contribution in [0.4, 0.5) is 18.0 Å². The molecule has 4 nitrogen and oxygen atoms in total. The molecule has 0 radical (unpaired) electrons. The van der Waals surface area contributed by atoms with Crippen molar-refractivity contribution in [3.05, 3.63) is 0 Å². The molecule has 7 heteroatoms. The first kappa shape index (κ1) is 15.4. The lowest BCUT2D eigenvalue weighted by atomic mass is 9.85. The Bertz CT molecular complexity index is 337. The van der Waals surface area contributed by atoms with Crippen LogP contribution in [0, 0.1) is 5.92 Å². The van der Waals surface area contributed by atoms with Crippen molar-refractivity contribution in [3.63, 3.8) is 0 Å². The van der Waals surface area contributed by atoms with Crippen LogP contribution in [0.3, 0.4) is 0 Å². The highest BCUT2D eigenvalue weighted by atomic mass is 19.4. The monoisotopic (exact) mass is 294 g/mol. The molecular weight excluding hydrogens is 273 g/mol. The number of urea groups is 1. The SMILES string of the molecule is O=C(NC1CCC(C(F)(F)F)CC1)N(CCO)C1CC1. The number of halogens is 3. The van der Waals surface area contributed by atoms with Crippen molar-refractivity contribution in [1.82, 2.24) is 10.2 Å². The Balaban J connectivity index is 1.78. The van der Waals surface area contributed by atoms with Crippen LogP contribution in [0.5, 0.6) is 0 Å². The van der Waals surface area contributed by atoms with Crippen molar-refractivity contribution in [3.8, 4) is 0 Å². The van der Waals surface area contributed by atoms with Crippen LogP contribution in [-0.2, 0) is 0 Å². The predicted octanol–water partition coefficient (Wildman–Crippen LogP) is 2.27. The Labute approximate surface area is 116 Å². The average molecular weight is 294 g/mol. The van der Waals surface area contributed by atoms with E-state index in [0.717, 1.165) is 12.8 Å².